The van der Waals surface area contributed by atoms with Crippen molar-refractivity contribution in [2.75, 3.05) is 71.6 Å². The third kappa shape index (κ3) is 13.9. The van der Waals surface area contributed by atoms with Gasteiger partial charge in [0.15, 0.2) is 15.6 Å². The van der Waals surface area contributed by atoms with Gasteiger partial charge in [0.1, 0.15) is 45.0 Å². The third-order valence-electron chi connectivity index (χ3n) is 17.8. The monoisotopic (exact) mass is 1350 g/mol. The summed E-state index contributed by atoms with van der Waals surface area (Å²) in [5, 5.41) is 54.8. The van der Waals surface area contributed by atoms with Gasteiger partial charge in [-0.05, 0) is 127 Å². The number of primary sulfonamides is 1. The van der Waals surface area contributed by atoms with Gasteiger partial charge in [0.05, 0.1) is 60.3 Å². The number of nitrogens with two attached hydrogens (primary N) is 3. The summed E-state index contributed by atoms with van der Waals surface area (Å²) in [4.78, 5) is 95.3. The van der Waals surface area contributed by atoms with E-state index >= 15 is 0 Å². The Balaban J connectivity index is 0.000000130. The number of carboxylic acids is 1. The van der Waals surface area contributed by atoms with Crippen molar-refractivity contribution in [1.82, 2.24) is 68.9 Å². The first kappa shape index (κ1) is 67.7. The number of nitro groups is 2. The van der Waals surface area contributed by atoms with Crippen LogP contribution in [0.25, 0.3) is 0 Å². The molecule has 0 bridgehead atoms. The zero-order valence-corrected chi connectivity index (χ0v) is 54.2. The number of aromatic amines is 1. The highest BCUT2D eigenvalue weighted by Gasteiger charge is 2.36. The van der Waals surface area contributed by atoms with Crippen LogP contribution in [0.3, 0.4) is 0 Å². The lowest BCUT2D eigenvalue weighted by atomic mass is 9.91. The van der Waals surface area contributed by atoms with E-state index in [0.29, 0.717) is 57.2 Å². The number of sulfone groups is 1. The maximum atomic E-state index is 13.0. The molecule has 4 amide bonds. The molecule has 5 aromatic heterocycles. The summed E-state index contributed by atoms with van der Waals surface area (Å²) >= 11 is 0. The number of hydrogen-bond acceptors (Lipinski definition) is 21. The highest BCUT2D eigenvalue weighted by molar-refractivity contribution is 7.92. The van der Waals surface area contributed by atoms with Crippen molar-refractivity contribution in [3.8, 4) is 0 Å². The number of carbonyl (C=O) groups is 6. The Morgan fingerprint density at radius 2 is 0.926 bits per heavy atom. The summed E-state index contributed by atoms with van der Waals surface area (Å²) in [6, 6.07) is 4.72. The number of carboxylic acid groups (broad SMARTS) is 1. The number of likely N-dealkylation sites (N-methyl/N-ethyl adjacent to an activating group) is 4. The summed E-state index contributed by atoms with van der Waals surface area (Å²) in [7, 11) is -1.22. The predicted octanol–water partition coefficient (Wildman–Crippen LogP) is 1.84. The van der Waals surface area contributed by atoms with Crippen LogP contribution >= 0.6 is 0 Å². The number of anilines is 2. The number of benzene rings is 2. The number of rotatable bonds is 9. The minimum Gasteiger partial charge on any atom is -0.476 e. The van der Waals surface area contributed by atoms with E-state index in [1.165, 1.54) is 124 Å². The van der Waals surface area contributed by atoms with Gasteiger partial charge in [-0.1, -0.05) is 12.1 Å². The average molecular weight is 1350 g/mol. The van der Waals surface area contributed by atoms with Crippen LogP contribution < -0.4 is 16.6 Å². The van der Waals surface area contributed by atoms with Crippen LogP contribution in [0.2, 0.25) is 0 Å². The number of aromatic carboxylic acids is 1. The van der Waals surface area contributed by atoms with Gasteiger partial charge in [0.2, 0.25) is 21.4 Å². The van der Waals surface area contributed by atoms with Crippen molar-refractivity contribution in [3.05, 3.63) is 142 Å². The van der Waals surface area contributed by atoms with Crippen molar-refractivity contribution in [1.29, 1.82) is 0 Å². The molecule has 8 N–H and O–H groups in total. The fraction of sp³-hybridized carbons (Fsp3) is 0.441. The molecule has 4 aliphatic carbocycles. The summed E-state index contributed by atoms with van der Waals surface area (Å²) in [6.07, 6.45) is 19.7. The maximum absolute atomic E-state index is 13.0. The Labute approximate surface area is 543 Å². The van der Waals surface area contributed by atoms with Crippen molar-refractivity contribution in [3.63, 3.8) is 0 Å². The molecule has 504 valence electrons. The molecule has 15 rings (SSSR count). The molecule has 34 nitrogen and oxygen atoms in total. The summed E-state index contributed by atoms with van der Waals surface area (Å²) in [5.41, 5.74) is 25.1. The van der Waals surface area contributed by atoms with Gasteiger partial charge in [-0.15, -0.1) is 0 Å². The van der Waals surface area contributed by atoms with E-state index in [1.54, 1.807) is 37.8 Å². The first-order chi connectivity index (χ1) is 45.1. The van der Waals surface area contributed by atoms with Crippen molar-refractivity contribution in [2.45, 2.75) is 119 Å². The number of nitrogens with zero attached hydrogens (tertiary/aromatic N) is 15. The SMILES string of the molecule is CN1CCn2ncc(N)c2C1=O.CN1CCn2ncc(S(=O)(=O)CC(=O)Cc3c4c(cc5c3CCC5)CCC4)c2C1=O.CN1CCn2ncc(S(N)(=O)=O)c2C1=O.CN1CCn2ncc([N+](=O)[O-])c2C1=O.Nc1c2c(cc3c1CCC3)CCC2.O=C(O)c1[nH]ncc1[N+](=O)[O-]. The molecule has 8 aliphatic rings. The Morgan fingerprint density at radius 3 is 1.38 bits per heavy atom. The van der Waals surface area contributed by atoms with Crippen molar-refractivity contribution in [2.24, 2.45) is 5.14 Å². The standard InChI is InChI=1S/C22H25N3O4S.C12H15N.C7H10N4O3S.C7H8N4O3.C7H10N4O.C4H3N3O4/c1-24-8-9-25-21(22(24)27)20(12-23-25)30(28,29)13-16(26)11-19-17-6-2-4-14(17)10-15-5-3-7-18(15)19;13-12-10-5-1-3-8(10)7-9-4-2-6-11(9)12;1-10-2-3-11-6(7(10)12)5(4-9-11)15(8,13)14;1-9-2-3-10-6(7(9)12)5(4-8-10)11(13)14;1-10-2-3-11-6(7(10)12)5(8)4-9-11;8-4(9)3-2(7(10)11)1-5-6-3/h10,12H,2-9,11,13H2,1H3;7H,1-6,13H2;4H,2-3H2,1H3,(H2,8,13,14);4H,2-3H2,1H3;4H,2-3,8H2,1H3;1H,(H,5,6)(H,8,9). The molecular weight excluding hydrogens is 1280 g/mol. The van der Waals surface area contributed by atoms with Crippen LogP contribution in [-0.2, 0) is 109 Å². The molecule has 7 aromatic rings. The van der Waals surface area contributed by atoms with Gasteiger partial charge in [-0.25, -0.2) is 26.8 Å². The fourth-order valence-electron chi connectivity index (χ4n) is 12.9. The van der Waals surface area contributed by atoms with Crippen LogP contribution in [0, 0.1) is 20.2 Å². The smallest absolute Gasteiger partial charge is 0.361 e. The Morgan fingerprint density at radius 1 is 0.537 bits per heavy atom. The number of Topliss-reactive ketones (excluding diaryl/α,β-unsaturated/α-hetero) is 1. The molecule has 95 heavy (non-hydrogen) atoms. The number of H-pyrrole nitrogens is 1. The second-order valence-corrected chi connectivity index (χ2v) is 27.4. The Bertz CT molecular complexity index is 4410. The predicted molar refractivity (Wildman–Crippen MR) is 338 cm³/mol. The molecule has 2 aromatic carbocycles. The molecule has 0 saturated carbocycles. The van der Waals surface area contributed by atoms with Gasteiger partial charge >= 0.3 is 17.3 Å². The molecule has 0 radical (unpaired) electrons. The molecule has 36 heteroatoms. The van der Waals surface area contributed by atoms with Gasteiger partial charge in [-0.3, -0.25) is 68.0 Å². The van der Waals surface area contributed by atoms with Crippen LogP contribution in [-0.4, -0.2) is 196 Å². The molecule has 0 spiro atoms. The van der Waals surface area contributed by atoms with Gasteiger partial charge in [0, 0.05) is 66.5 Å². The van der Waals surface area contributed by atoms with E-state index in [1.807, 2.05) is 5.10 Å². The number of aryl methyl sites for hydroxylation is 4. The number of hydrogen-bond donors (Lipinski definition) is 5. The number of carbonyl (C=O) groups excluding carboxylic acids is 5. The molecule has 0 unspecified atom stereocenters. The summed E-state index contributed by atoms with van der Waals surface area (Å²) in [6.45, 7) is 4.39. The second-order valence-electron chi connectivity index (χ2n) is 23.9. The first-order valence-corrected chi connectivity index (χ1v) is 33.7. The number of fused-ring (bicyclic) bond motifs is 8. The first-order valence-electron chi connectivity index (χ1n) is 30.5. The van der Waals surface area contributed by atoms with E-state index in [4.69, 9.17) is 21.7 Å². The largest absolute Gasteiger partial charge is 0.476 e. The van der Waals surface area contributed by atoms with Crippen LogP contribution in [0.4, 0.5) is 22.7 Å². The zero-order valence-electron chi connectivity index (χ0n) is 52.5. The van der Waals surface area contributed by atoms with E-state index in [2.05, 4.69) is 37.6 Å². The number of sulfonamides is 1. The lowest BCUT2D eigenvalue weighted by molar-refractivity contribution is -0.385. The maximum Gasteiger partial charge on any atom is 0.361 e. The van der Waals surface area contributed by atoms with E-state index < -0.39 is 52.8 Å². The number of amides is 4. The van der Waals surface area contributed by atoms with Gasteiger partial charge in [-0.2, -0.15) is 25.5 Å². The average Bonchev–Trinajstić information content (AvgIpc) is 1.68. The molecule has 4 aliphatic heterocycles. The molecule has 0 atom stereocenters. The van der Waals surface area contributed by atoms with Crippen LogP contribution in [0.1, 0.15) is 128 Å². The number of ketones is 1. The lowest BCUT2D eigenvalue weighted by Gasteiger charge is -2.23. The van der Waals surface area contributed by atoms with Gasteiger partial charge < -0.3 is 36.2 Å². The Hall–Kier alpha value is -10.2. The summed E-state index contributed by atoms with van der Waals surface area (Å²) < 4.78 is 54.2. The minimum absolute atomic E-state index is 0.0451. The zero-order chi connectivity index (χ0) is 68.5. The van der Waals surface area contributed by atoms with E-state index in [0.717, 1.165) is 74.9 Å². The Kier molecular flexibility index (Phi) is 19.5. The summed E-state index contributed by atoms with van der Waals surface area (Å²) in [5.74, 6) is -3.45. The van der Waals surface area contributed by atoms with Crippen LogP contribution in [0.5, 0.6) is 0 Å². The normalized spacial score (nSPS) is 16.3. The topological polar surface area (TPSA) is 468 Å². The lowest BCUT2D eigenvalue weighted by Crippen LogP contribution is -2.38. The van der Waals surface area contributed by atoms with E-state index in [-0.39, 0.29) is 68.4 Å². The van der Waals surface area contributed by atoms with Crippen molar-refractivity contribution >= 4 is 78.0 Å². The number of nitrogens with one attached hydrogen (secondary N) is 1. The fourth-order valence-corrected chi connectivity index (χ4v) is 14.9. The molecule has 9 heterocycles. The highest BCUT2D eigenvalue weighted by Crippen LogP contribution is 2.38. The molecule has 0 saturated heterocycles. The van der Waals surface area contributed by atoms with Gasteiger partial charge in [0.25, 0.3) is 23.6 Å². The molecule has 0 fully saturated rings. The second kappa shape index (κ2) is 27.4. The highest BCUT2D eigenvalue weighted by atomic mass is 32.2. The quantitative estimate of drug-likeness (QED) is 0.0782. The van der Waals surface area contributed by atoms with E-state index in [9.17, 15) is 65.8 Å². The molecular formula is C59H71N19O15S2. The van der Waals surface area contributed by atoms with Crippen LogP contribution in [0.15, 0.2) is 52.9 Å². The number of aromatic nitrogens is 10. The minimum atomic E-state index is -3.94. The third-order valence-corrected chi connectivity index (χ3v) is 20.4. The van der Waals surface area contributed by atoms with Crippen molar-refractivity contribution < 1.29 is 60.6 Å². The number of nitrogen functional groups attached to an aromatic ring is 2.